The van der Waals surface area contributed by atoms with Gasteiger partial charge in [-0.3, -0.25) is 0 Å². The van der Waals surface area contributed by atoms with E-state index in [1.54, 1.807) is 0 Å². The Hall–Kier alpha value is -0.255. The van der Waals surface area contributed by atoms with Crippen LogP contribution in [0.15, 0.2) is 0 Å². The van der Waals surface area contributed by atoms with E-state index in [4.69, 9.17) is 0 Å². The van der Waals surface area contributed by atoms with Gasteiger partial charge < -0.3 is 23.0 Å². The summed E-state index contributed by atoms with van der Waals surface area (Å²) in [6.45, 7) is 3.39. The van der Waals surface area contributed by atoms with Gasteiger partial charge in [0.2, 0.25) is 0 Å². The summed E-state index contributed by atoms with van der Waals surface area (Å²) in [4.78, 5) is 0. The van der Waals surface area contributed by atoms with Crippen LogP contribution in [-0.2, 0) is 0 Å². The summed E-state index contributed by atoms with van der Waals surface area (Å²) in [5.74, 6) is 0. The van der Waals surface area contributed by atoms with Gasteiger partial charge in [0, 0.05) is 0 Å². The van der Waals surface area contributed by atoms with Gasteiger partial charge in [-0.1, -0.05) is 45.4 Å². The Bertz CT molecular complexity index is 116. The highest BCUT2D eigenvalue weighted by Gasteiger charge is 2.20. The van der Waals surface area contributed by atoms with Gasteiger partial charge in [0.15, 0.2) is 0 Å². The van der Waals surface area contributed by atoms with Crippen molar-refractivity contribution in [3.63, 3.8) is 0 Å². The van der Waals surface area contributed by atoms with E-state index in [1.807, 2.05) is 0 Å². The largest absolute Gasteiger partial charge is 0.673 e. The summed E-state index contributed by atoms with van der Waals surface area (Å²) >= 11 is 0. The predicted molar refractivity (Wildman–Crippen MR) is 60.6 cm³/mol. The Morgan fingerprint density at radius 2 is 1.06 bits per heavy atom. The minimum atomic E-state index is -6.00. The van der Waals surface area contributed by atoms with Crippen molar-refractivity contribution in [2.45, 2.75) is 58.3 Å². The van der Waals surface area contributed by atoms with Crippen molar-refractivity contribution >= 4 is 7.25 Å². The Kier molecular flexibility index (Phi) is 14.5. The molecule has 0 aromatic rings. The Balaban J connectivity index is 0. The van der Waals surface area contributed by atoms with Crippen LogP contribution in [0, 0.1) is 0 Å². The molecular weight excluding hydrogens is 221 g/mol. The minimum absolute atomic E-state index is 1.12. The summed E-state index contributed by atoms with van der Waals surface area (Å²) < 4.78 is 39.0. The van der Waals surface area contributed by atoms with Crippen LogP contribution < -0.4 is 5.73 Å². The van der Waals surface area contributed by atoms with Crippen LogP contribution >= 0.6 is 0 Å². The van der Waals surface area contributed by atoms with Crippen LogP contribution in [0.25, 0.3) is 0 Å². The summed E-state index contributed by atoms with van der Waals surface area (Å²) in [6, 6.07) is 0. The van der Waals surface area contributed by atoms with Crippen molar-refractivity contribution in [1.82, 2.24) is 0 Å². The quantitative estimate of drug-likeness (QED) is 0.384. The maximum Gasteiger partial charge on any atom is 0.673 e. The van der Waals surface area contributed by atoms with E-state index in [1.165, 1.54) is 51.4 Å². The molecule has 0 aliphatic rings. The fourth-order valence-electron chi connectivity index (χ4n) is 1.31. The second kappa shape index (κ2) is 12.8. The molecule has 0 amide bonds. The van der Waals surface area contributed by atoms with Crippen LogP contribution in [0.5, 0.6) is 0 Å². The highest BCUT2D eigenvalue weighted by molar-refractivity contribution is 6.50. The molecule has 0 aliphatic heterocycles. The number of unbranched alkanes of at least 4 members (excludes halogenated alkanes) is 7. The molecule has 0 saturated carbocycles. The molecule has 0 rings (SSSR count). The molecule has 0 saturated heterocycles. The Morgan fingerprint density at radius 1 is 0.750 bits per heavy atom. The molecule has 0 heterocycles. The smallest absolute Gasteiger partial charge is 0.418 e. The average Bonchev–Trinajstić information content (AvgIpc) is 2.14. The SMILES string of the molecule is CCCCCCCCCC[NH3+].F[B-](F)(F)F. The van der Waals surface area contributed by atoms with Crippen molar-refractivity contribution in [2.75, 3.05) is 6.54 Å². The monoisotopic (exact) mass is 245 g/mol. The van der Waals surface area contributed by atoms with Crippen molar-refractivity contribution in [1.29, 1.82) is 0 Å². The summed E-state index contributed by atoms with van der Waals surface area (Å²) in [5, 5.41) is 0. The molecule has 0 unspecified atom stereocenters. The molecule has 0 radical (unpaired) electrons. The molecule has 0 aromatic heterocycles. The zero-order chi connectivity index (χ0) is 12.9. The van der Waals surface area contributed by atoms with Crippen molar-refractivity contribution in [3.8, 4) is 0 Å². The lowest BCUT2D eigenvalue weighted by molar-refractivity contribution is -0.368. The number of rotatable bonds is 8. The van der Waals surface area contributed by atoms with Gasteiger partial charge in [0.1, 0.15) is 0 Å². The zero-order valence-corrected chi connectivity index (χ0v) is 10.2. The van der Waals surface area contributed by atoms with E-state index < -0.39 is 7.25 Å². The second-order valence-electron chi connectivity index (χ2n) is 3.82. The molecule has 16 heavy (non-hydrogen) atoms. The molecule has 6 heteroatoms. The molecule has 0 aromatic carbocycles. The highest BCUT2D eigenvalue weighted by atomic mass is 19.5. The third-order valence-electron chi connectivity index (χ3n) is 2.10. The fraction of sp³-hybridized carbons (Fsp3) is 1.00. The van der Waals surface area contributed by atoms with Crippen molar-refractivity contribution in [2.24, 2.45) is 0 Å². The molecular formula is C10H24BF4N. The molecule has 0 bridgehead atoms. The van der Waals surface area contributed by atoms with E-state index in [2.05, 4.69) is 12.7 Å². The first-order valence-electron chi connectivity index (χ1n) is 6.08. The lowest BCUT2D eigenvalue weighted by Crippen LogP contribution is -2.50. The lowest BCUT2D eigenvalue weighted by atomic mass is 10.1. The minimum Gasteiger partial charge on any atom is -0.418 e. The molecule has 0 atom stereocenters. The Labute approximate surface area is 95.9 Å². The number of hydrogen-bond acceptors (Lipinski definition) is 0. The highest BCUT2D eigenvalue weighted by Crippen LogP contribution is 2.07. The van der Waals surface area contributed by atoms with Gasteiger partial charge in [0.25, 0.3) is 0 Å². The van der Waals surface area contributed by atoms with E-state index >= 15 is 0 Å². The lowest BCUT2D eigenvalue weighted by Gasteiger charge is -1.98. The molecule has 0 aliphatic carbocycles. The van der Waals surface area contributed by atoms with E-state index in [0.29, 0.717) is 0 Å². The molecule has 0 fully saturated rings. The van der Waals surface area contributed by atoms with E-state index in [0.717, 1.165) is 6.54 Å². The van der Waals surface area contributed by atoms with Gasteiger partial charge in [-0.15, -0.1) is 0 Å². The number of quaternary nitrogens is 1. The number of hydrogen-bond donors (Lipinski definition) is 1. The predicted octanol–water partition coefficient (Wildman–Crippen LogP) is 3.67. The first-order chi connectivity index (χ1) is 7.41. The maximum absolute atomic E-state index is 9.75. The first kappa shape index (κ1) is 18.1. The first-order valence-corrected chi connectivity index (χ1v) is 6.08. The van der Waals surface area contributed by atoms with Gasteiger partial charge in [-0.2, -0.15) is 0 Å². The molecule has 0 spiro atoms. The van der Waals surface area contributed by atoms with Crippen LogP contribution in [0.2, 0.25) is 0 Å². The van der Waals surface area contributed by atoms with Crippen molar-refractivity contribution in [3.05, 3.63) is 0 Å². The van der Waals surface area contributed by atoms with E-state index in [-0.39, 0.29) is 0 Å². The number of halogens is 4. The zero-order valence-electron chi connectivity index (χ0n) is 10.2. The van der Waals surface area contributed by atoms with Gasteiger partial charge >= 0.3 is 7.25 Å². The second-order valence-corrected chi connectivity index (χ2v) is 3.82. The van der Waals surface area contributed by atoms with Crippen LogP contribution in [0.4, 0.5) is 17.3 Å². The Morgan fingerprint density at radius 3 is 1.38 bits per heavy atom. The third-order valence-corrected chi connectivity index (χ3v) is 2.10. The van der Waals surface area contributed by atoms with Crippen LogP contribution in [0.1, 0.15) is 58.3 Å². The molecule has 100 valence electrons. The fourth-order valence-corrected chi connectivity index (χ4v) is 1.31. The van der Waals surface area contributed by atoms with Crippen LogP contribution in [0.3, 0.4) is 0 Å². The average molecular weight is 245 g/mol. The topological polar surface area (TPSA) is 27.6 Å². The third kappa shape index (κ3) is 37.2. The molecule has 1 nitrogen and oxygen atoms in total. The van der Waals surface area contributed by atoms with E-state index in [9.17, 15) is 17.3 Å². The summed E-state index contributed by atoms with van der Waals surface area (Å²) in [5.41, 5.74) is 3.83. The van der Waals surface area contributed by atoms with Gasteiger partial charge in [-0.25, -0.2) is 0 Å². The van der Waals surface area contributed by atoms with Gasteiger partial charge in [0.05, 0.1) is 6.54 Å². The summed E-state index contributed by atoms with van der Waals surface area (Å²) in [7, 11) is -6.00. The van der Waals surface area contributed by atoms with Crippen LogP contribution in [-0.4, -0.2) is 13.8 Å². The van der Waals surface area contributed by atoms with Gasteiger partial charge in [-0.05, 0) is 12.8 Å². The standard InChI is InChI=1S/C10H23N.BF4/c1-2-3-4-5-6-7-8-9-10-11;2-1(3,4)5/h2-11H2,1H3;/q;-1/p+1. The van der Waals surface area contributed by atoms with Crippen molar-refractivity contribution < 1.29 is 23.0 Å². The maximum atomic E-state index is 9.75. The summed E-state index contributed by atoms with van der Waals surface area (Å²) in [6.07, 6.45) is 11.3. The normalized spacial score (nSPS) is 10.9. The molecule has 3 N–H and O–H groups in total.